The van der Waals surface area contributed by atoms with Crippen molar-refractivity contribution in [3.05, 3.63) is 33.7 Å². The fourth-order valence-corrected chi connectivity index (χ4v) is 1.38. The maximum absolute atomic E-state index is 11.3. The van der Waals surface area contributed by atoms with Gasteiger partial charge in [-0.1, -0.05) is 29.7 Å². The zero-order valence-electron chi connectivity index (χ0n) is 8.77. The molecule has 84 valence electrons. The van der Waals surface area contributed by atoms with E-state index in [2.05, 4.69) is 15.3 Å². The summed E-state index contributed by atoms with van der Waals surface area (Å²) >= 11 is 5.91. The second-order valence-corrected chi connectivity index (χ2v) is 3.56. The van der Waals surface area contributed by atoms with Crippen molar-refractivity contribution in [3.8, 4) is 0 Å². The number of carbonyl (C=O) groups excluding carboxylic acids is 1. The largest absolute Gasteiger partial charge is 0.325 e. The molecule has 1 N–H and O–H groups in total. The summed E-state index contributed by atoms with van der Waals surface area (Å²) < 4.78 is 0. The van der Waals surface area contributed by atoms with Crippen molar-refractivity contribution in [3.63, 3.8) is 0 Å². The molecule has 0 unspecified atom stereocenters. The van der Waals surface area contributed by atoms with Crippen molar-refractivity contribution in [2.24, 2.45) is 5.11 Å². The van der Waals surface area contributed by atoms with Crippen LogP contribution in [0.3, 0.4) is 0 Å². The lowest BCUT2D eigenvalue weighted by molar-refractivity contribution is -0.116. The third kappa shape index (κ3) is 3.46. The molecular weight excluding hydrogens is 228 g/mol. The average molecular weight is 239 g/mol. The van der Waals surface area contributed by atoms with E-state index in [1.807, 2.05) is 6.92 Å². The van der Waals surface area contributed by atoms with Gasteiger partial charge < -0.3 is 5.32 Å². The number of carbonyl (C=O) groups is 1. The number of hydrogen-bond acceptors (Lipinski definition) is 2. The summed E-state index contributed by atoms with van der Waals surface area (Å²) in [7, 11) is 0. The summed E-state index contributed by atoms with van der Waals surface area (Å²) in [6.07, 6.45) is 1.23. The number of amides is 1. The second-order valence-electron chi connectivity index (χ2n) is 3.15. The van der Waals surface area contributed by atoms with Crippen LogP contribution in [-0.4, -0.2) is 5.91 Å². The number of nitrogens with zero attached hydrogens (tertiary/aromatic N) is 3. The summed E-state index contributed by atoms with van der Waals surface area (Å²) in [6, 6.07) is 4.70. The Kier molecular flexibility index (Phi) is 4.64. The number of halogens is 1. The summed E-state index contributed by atoms with van der Waals surface area (Å²) in [6.45, 7) is 1.92. The van der Waals surface area contributed by atoms with Crippen LogP contribution in [0.4, 0.5) is 11.4 Å². The van der Waals surface area contributed by atoms with E-state index in [4.69, 9.17) is 17.1 Å². The molecule has 0 radical (unpaired) electrons. The van der Waals surface area contributed by atoms with Gasteiger partial charge in [-0.05, 0) is 24.1 Å². The first kappa shape index (κ1) is 12.4. The van der Waals surface area contributed by atoms with Crippen molar-refractivity contribution in [2.45, 2.75) is 19.8 Å². The molecule has 0 aromatic heterocycles. The molecule has 0 aliphatic heterocycles. The smallest absolute Gasteiger partial charge is 0.224 e. The normalized spacial score (nSPS) is 9.38. The first-order valence-corrected chi connectivity index (χ1v) is 5.19. The van der Waals surface area contributed by atoms with Gasteiger partial charge in [0.05, 0.1) is 10.7 Å². The molecule has 1 aromatic carbocycles. The van der Waals surface area contributed by atoms with Gasteiger partial charge in [0.2, 0.25) is 5.91 Å². The molecule has 0 saturated carbocycles. The molecule has 1 rings (SSSR count). The number of rotatable bonds is 4. The molecule has 0 aliphatic carbocycles. The van der Waals surface area contributed by atoms with Gasteiger partial charge in [0.25, 0.3) is 0 Å². The van der Waals surface area contributed by atoms with Gasteiger partial charge in [0.1, 0.15) is 0 Å². The highest BCUT2D eigenvalue weighted by Gasteiger charge is 2.05. The van der Waals surface area contributed by atoms with Gasteiger partial charge in [0, 0.05) is 17.0 Å². The number of nitrogens with one attached hydrogen (secondary N) is 1. The fraction of sp³-hybridized carbons (Fsp3) is 0.300. The van der Waals surface area contributed by atoms with Crippen LogP contribution in [0, 0.1) is 0 Å². The van der Waals surface area contributed by atoms with Crippen LogP contribution < -0.4 is 5.32 Å². The van der Waals surface area contributed by atoms with Gasteiger partial charge in [-0.25, -0.2) is 0 Å². The molecule has 6 heteroatoms. The van der Waals surface area contributed by atoms with Crippen LogP contribution in [0.1, 0.15) is 19.8 Å². The SMILES string of the molecule is CCCC(=O)Nc1ccc(N=[N+]=[N-])cc1Cl. The monoisotopic (exact) mass is 238 g/mol. The van der Waals surface area contributed by atoms with E-state index in [0.29, 0.717) is 22.8 Å². The minimum absolute atomic E-state index is 0.0825. The highest BCUT2D eigenvalue weighted by Crippen LogP contribution is 2.27. The van der Waals surface area contributed by atoms with E-state index in [1.165, 1.54) is 6.07 Å². The molecule has 5 nitrogen and oxygen atoms in total. The first-order valence-electron chi connectivity index (χ1n) is 4.82. The summed E-state index contributed by atoms with van der Waals surface area (Å²) in [4.78, 5) is 14.0. The topological polar surface area (TPSA) is 77.9 Å². The van der Waals surface area contributed by atoms with Crippen LogP contribution in [0.15, 0.2) is 23.3 Å². The van der Waals surface area contributed by atoms with Gasteiger partial charge in [-0.15, -0.1) is 0 Å². The van der Waals surface area contributed by atoms with Crippen LogP contribution >= 0.6 is 11.6 Å². The Morgan fingerprint density at radius 3 is 2.94 bits per heavy atom. The maximum Gasteiger partial charge on any atom is 0.224 e. The van der Waals surface area contributed by atoms with Gasteiger partial charge in [-0.2, -0.15) is 0 Å². The van der Waals surface area contributed by atoms with Crippen molar-refractivity contribution in [2.75, 3.05) is 5.32 Å². The van der Waals surface area contributed by atoms with E-state index in [1.54, 1.807) is 12.1 Å². The lowest BCUT2D eigenvalue weighted by Gasteiger charge is -2.06. The molecule has 16 heavy (non-hydrogen) atoms. The minimum atomic E-state index is -0.0825. The summed E-state index contributed by atoms with van der Waals surface area (Å²) in [5.41, 5.74) is 9.18. The number of hydrogen-bond donors (Lipinski definition) is 1. The van der Waals surface area contributed by atoms with E-state index in [0.717, 1.165) is 6.42 Å². The summed E-state index contributed by atoms with van der Waals surface area (Å²) in [5, 5.41) is 6.44. The summed E-state index contributed by atoms with van der Waals surface area (Å²) in [5.74, 6) is -0.0825. The van der Waals surface area contributed by atoms with Crippen molar-refractivity contribution >= 4 is 28.9 Å². The van der Waals surface area contributed by atoms with Crippen molar-refractivity contribution in [1.82, 2.24) is 0 Å². The first-order chi connectivity index (χ1) is 7.67. The molecule has 0 aliphatic rings. The molecule has 0 atom stereocenters. The van der Waals surface area contributed by atoms with Gasteiger partial charge in [-0.3, -0.25) is 4.79 Å². The molecule has 0 bridgehead atoms. The molecular formula is C10H11ClN4O. The Labute approximate surface area is 98.0 Å². The van der Waals surface area contributed by atoms with Crippen LogP contribution in [0.25, 0.3) is 10.4 Å². The predicted octanol–water partition coefficient (Wildman–Crippen LogP) is 4.02. The Balaban J connectivity index is 2.82. The van der Waals surface area contributed by atoms with Crippen LogP contribution in [-0.2, 0) is 4.79 Å². The minimum Gasteiger partial charge on any atom is -0.325 e. The van der Waals surface area contributed by atoms with Crippen LogP contribution in [0.5, 0.6) is 0 Å². The molecule has 1 aromatic rings. The zero-order valence-corrected chi connectivity index (χ0v) is 9.53. The van der Waals surface area contributed by atoms with Crippen LogP contribution in [0.2, 0.25) is 5.02 Å². The standard InChI is InChI=1S/C10H11ClN4O/c1-2-3-10(16)13-9-5-4-7(14-15-12)6-8(9)11/h4-6H,2-3H2,1H3,(H,13,16). The predicted molar refractivity (Wildman–Crippen MR) is 63.8 cm³/mol. The van der Waals surface area contributed by atoms with E-state index in [-0.39, 0.29) is 5.91 Å². The fourth-order valence-electron chi connectivity index (χ4n) is 1.16. The van der Waals surface area contributed by atoms with E-state index < -0.39 is 0 Å². The number of anilines is 1. The molecule has 0 saturated heterocycles. The van der Waals surface area contributed by atoms with Gasteiger partial charge in [0.15, 0.2) is 0 Å². The zero-order chi connectivity index (χ0) is 12.0. The Morgan fingerprint density at radius 2 is 2.38 bits per heavy atom. The molecule has 1 amide bonds. The highest BCUT2D eigenvalue weighted by atomic mass is 35.5. The quantitative estimate of drug-likeness (QED) is 0.480. The second kappa shape index (κ2) is 6.00. The molecule has 0 heterocycles. The Bertz CT molecular complexity index is 440. The Morgan fingerprint density at radius 1 is 1.62 bits per heavy atom. The van der Waals surface area contributed by atoms with E-state index >= 15 is 0 Å². The van der Waals surface area contributed by atoms with E-state index in [9.17, 15) is 4.79 Å². The number of benzene rings is 1. The lowest BCUT2D eigenvalue weighted by Crippen LogP contribution is -2.10. The maximum atomic E-state index is 11.3. The Hall–Kier alpha value is -1.71. The molecule has 0 fully saturated rings. The highest BCUT2D eigenvalue weighted by molar-refractivity contribution is 6.34. The van der Waals surface area contributed by atoms with Gasteiger partial charge >= 0.3 is 0 Å². The number of azide groups is 1. The third-order valence-electron chi connectivity index (χ3n) is 1.86. The van der Waals surface area contributed by atoms with Crippen molar-refractivity contribution in [1.29, 1.82) is 0 Å². The average Bonchev–Trinajstić information content (AvgIpc) is 2.23. The molecule has 0 spiro atoms. The lowest BCUT2D eigenvalue weighted by atomic mass is 10.2. The third-order valence-corrected chi connectivity index (χ3v) is 2.18. The van der Waals surface area contributed by atoms with Crippen molar-refractivity contribution < 1.29 is 4.79 Å².